The van der Waals surface area contributed by atoms with E-state index in [2.05, 4.69) is 5.16 Å². The van der Waals surface area contributed by atoms with Crippen molar-refractivity contribution in [3.05, 3.63) is 41.3 Å². The van der Waals surface area contributed by atoms with Gasteiger partial charge in [0.15, 0.2) is 5.76 Å². The summed E-state index contributed by atoms with van der Waals surface area (Å²) in [5.74, 6) is 1.63. The standard InChI is InChI=1S/C17H20N2O4/c1-11-10-15(23-18-11)12-6-5-9-19(12)17(20)16-13(21-2)7-4-8-14(16)22-3/h4,7-8,10,12H,5-6,9H2,1-3H3. The summed E-state index contributed by atoms with van der Waals surface area (Å²) in [5.41, 5.74) is 1.26. The van der Waals surface area contributed by atoms with Gasteiger partial charge in [0.1, 0.15) is 17.1 Å². The number of ether oxygens (including phenoxy) is 2. The number of benzene rings is 1. The maximum atomic E-state index is 13.1. The van der Waals surface area contributed by atoms with Crippen LogP contribution in [0.3, 0.4) is 0 Å². The molecule has 1 saturated heterocycles. The number of aromatic nitrogens is 1. The van der Waals surface area contributed by atoms with Crippen molar-refractivity contribution in [2.24, 2.45) is 0 Å². The van der Waals surface area contributed by atoms with Crippen molar-refractivity contribution in [1.29, 1.82) is 0 Å². The topological polar surface area (TPSA) is 64.8 Å². The van der Waals surface area contributed by atoms with Crippen molar-refractivity contribution in [1.82, 2.24) is 10.1 Å². The molecular formula is C17H20N2O4. The molecule has 1 aliphatic rings. The summed E-state index contributed by atoms with van der Waals surface area (Å²) >= 11 is 0. The molecule has 1 aliphatic heterocycles. The van der Waals surface area contributed by atoms with Crippen molar-refractivity contribution >= 4 is 5.91 Å². The lowest BCUT2D eigenvalue weighted by atomic mass is 10.1. The molecule has 1 atom stereocenters. The van der Waals surface area contributed by atoms with Gasteiger partial charge in [-0.2, -0.15) is 0 Å². The fraction of sp³-hybridized carbons (Fsp3) is 0.412. The van der Waals surface area contributed by atoms with Gasteiger partial charge in [0, 0.05) is 12.6 Å². The van der Waals surface area contributed by atoms with Crippen LogP contribution in [0.1, 0.15) is 40.7 Å². The first-order chi connectivity index (χ1) is 11.2. The molecule has 2 heterocycles. The van der Waals surface area contributed by atoms with E-state index in [0.717, 1.165) is 24.3 Å². The average Bonchev–Trinajstić information content (AvgIpc) is 3.21. The van der Waals surface area contributed by atoms with E-state index in [1.54, 1.807) is 37.3 Å². The number of carbonyl (C=O) groups excluding carboxylic acids is 1. The highest BCUT2D eigenvalue weighted by atomic mass is 16.5. The summed E-state index contributed by atoms with van der Waals surface area (Å²) in [7, 11) is 3.10. The van der Waals surface area contributed by atoms with Crippen LogP contribution in [0.4, 0.5) is 0 Å². The van der Waals surface area contributed by atoms with Crippen LogP contribution in [-0.2, 0) is 0 Å². The van der Waals surface area contributed by atoms with Gasteiger partial charge in [-0.1, -0.05) is 11.2 Å². The van der Waals surface area contributed by atoms with Crippen molar-refractivity contribution in [3.63, 3.8) is 0 Å². The quantitative estimate of drug-likeness (QED) is 0.867. The monoisotopic (exact) mass is 316 g/mol. The summed E-state index contributed by atoms with van der Waals surface area (Å²) in [5, 5.41) is 3.93. The number of nitrogens with zero attached hydrogens (tertiary/aromatic N) is 2. The Morgan fingerprint density at radius 3 is 2.57 bits per heavy atom. The molecule has 1 amide bonds. The zero-order valence-corrected chi connectivity index (χ0v) is 13.5. The van der Waals surface area contributed by atoms with Crippen LogP contribution in [-0.4, -0.2) is 36.7 Å². The van der Waals surface area contributed by atoms with E-state index >= 15 is 0 Å². The third-order valence-electron chi connectivity index (χ3n) is 4.13. The van der Waals surface area contributed by atoms with Crippen LogP contribution in [0.25, 0.3) is 0 Å². The summed E-state index contributed by atoms with van der Waals surface area (Å²) in [6, 6.07) is 7.11. The van der Waals surface area contributed by atoms with Gasteiger partial charge < -0.3 is 18.9 Å². The predicted octanol–water partition coefficient (Wildman–Crippen LogP) is 2.98. The van der Waals surface area contributed by atoms with Gasteiger partial charge in [0.25, 0.3) is 5.91 Å². The van der Waals surface area contributed by atoms with E-state index < -0.39 is 0 Å². The summed E-state index contributed by atoms with van der Waals surface area (Å²) < 4.78 is 16.1. The Kier molecular flexibility index (Phi) is 4.23. The Labute approximate surface area is 135 Å². The first kappa shape index (κ1) is 15.4. The minimum atomic E-state index is -0.115. The van der Waals surface area contributed by atoms with E-state index in [1.807, 2.05) is 13.0 Å². The number of hydrogen-bond acceptors (Lipinski definition) is 5. The van der Waals surface area contributed by atoms with Gasteiger partial charge >= 0.3 is 0 Å². The van der Waals surface area contributed by atoms with Crippen LogP contribution in [0.5, 0.6) is 11.5 Å². The summed E-state index contributed by atoms with van der Waals surface area (Å²) in [4.78, 5) is 14.9. The van der Waals surface area contributed by atoms with Crippen LogP contribution >= 0.6 is 0 Å². The number of aryl methyl sites for hydroxylation is 1. The highest BCUT2D eigenvalue weighted by molar-refractivity contribution is 6.00. The van der Waals surface area contributed by atoms with Crippen molar-refractivity contribution in [2.75, 3.05) is 20.8 Å². The maximum absolute atomic E-state index is 13.1. The number of likely N-dealkylation sites (tertiary alicyclic amines) is 1. The lowest BCUT2D eigenvalue weighted by Gasteiger charge is -2.24. The smallest absolute Gasteiger partial charge is 0.262 e. The van der Waals surface area contributed by atoms with Gasteiger partial charge in [-0.25, -0.2) is 0 Å². The molecule has 2 aromatic rings. The van der Waals surface area contributed by atoms with E-state index in [9.17, 15) is 4.79 Å². The van der Waals surface area contributed by atoms with Crippen molar-refractivity contribution < 1.29 is 18.8 Å². The molecule has 23 heavy (non-hydrogen) atoms. The van der Waals surface area contributed by atoms with Gasteiger partial charge in [0.2, 0.25) is 0 Å². The number of methoxy groups -OCH3 is 2. The van der Waals surface area contributed by atoms with E-state index in [4.69, 9.17) is 14.0 Å². The third kappa shape index (κ3) is 2.76. The minimum absolute atomic E-state index is 0.0988. The fourth-order valence-electron chi connectivity index (χ4n) is 3.05. The lowest BCUT2D eigenvalue weighted by molar-refractivity contribution is 0.0707. The van der Waals surface area contributed by atoms with Crippen LogP contribution in [0.2, 0.25) is 0 Å². The molecule has 0 saturated carbocycles. The van der Waals surface area contributed by atoms with E-state index in [-0.39, 0.29) is 11.9 Å². The van der Waals surface area contributed by atoms with Crippen molar-refractivity contribution in [3.8, 4) is 11.5 Å². The molecular weight excluding hydrogens is 296 g/mol. The predicted molar refractivity (Wildman–Crippen MR) is 83.8 cm³/mol. The van der Waals surface area contributed by atoms with Crippen LogP contribution < -0.4 is 9.47 Å². The van der Waals surface area contributed by atoms with E-state index in [0.29, 0.717) is 23.6 Å². The number of carbonyl (C=O) groups is 1. The number of rotatable bonds is 4. The normalized spacial score (nSPS) is 17.3. The largest absolute Gasteiger partial charge is 0.496 e. The number of hydrogen-bond donors (Lipinski definition) is 0. The van der Waals surface area contributed by atoms with Gasteiger partial charge in [-0.05, 0) is 31.9 Å². The first-order valence-electron chi connectivity index (χ1n) is 7.61. The summed E-state index contributed by atoms with van der Waals surface area (Å²) in [6.07, 6.45) is 1.78. The number of amides is 1. The molecule has 1 aromatic heterocycles. The molecule has 0 spiro atoms. The van der Waals surface area contributed by atoms with Gasteiger partial charge in [-0.15, -0.1) is 0 Å². The molecule has 0 bridgehead atoms. The highest BCUT2D eigenvalue weighted by Gasteiger charge is 2.35. The summed E-state index contributed by atoms with van der Waals surface area (Å²) in [6.45, 7) is 2.54. The second-order valence-corrected chi connectivity index (χ2v) is 5.56. The molecule has 6 heteroatoms. The molecule has 3 rings (SSSR count). The second kappa shape index (κ2) is 6.32. The fourth-order valence-corrected chi connectivity index (χ4v) is 3.05. The van der Waals surface area contributed by atoms with Crippen molar-refractivity contribution in [2.45, 2.75) is 25.8 Å². The molecule has 1 unspecified atom stereocenters. The zero-order valence-electron chi connectivity index (χ0n) is 13.5. The molecule has 122 valence electrons. The molecule has 0 N–H and O–H groups in total. The van der Waals surface area contributed by atoms with Gasteiger partial charge in [0.05, 0.1) is 26.0 Å². The highest BCUT2D eigenvalue weighted by Crippen LogP contribution is 2.37. The molecule has 0 aliphatic carbocycles. The molecule has 1 fully saturated rings. The molecule has 0 radical (unpaired) electrons. The Morgan fingerprint density at radius 2 is 2.00 bits per heavy atom. The lowest BCUT2D eigenvalue weighted by Crippen LogP contribution is -2.31. The average molecular weight is 316 g/mol. The van der Waals surface area contributed by atoms with Gasteiger partial charge in [-0.3, -0.25) is 4.79 Å². The van der Waals surface area contributed by atoms with Crippen LogP contribution in [0, 0.1) is 6.92 Å². The second-order valence-electron chi connectivity index (χ2n) is 5.56. The Hall–Kier alpha value is -2.50. The SMILES string of the molecule is COc1cccc(OC)c1C(=O)N1CCCC1c1cc(C)no1. The Balaban J connectivity index is 1.96. The minimum Gasteiger partial charge on any atom is -0.496 e. The third-order valence-corrected chi connectivity index (χ3v) is 4.13. The zero-order chi connectivity index (χ0) is 16.4. The Bertz CT molecular complexity index is 688. The first-order valence-corrected chi connectivity index (χ1v) is 7.61. The molecule has 6 nitrogen and oxygen atoms in total. The Morgan fingerprint density at radius 1 is 1.30 bits per heavy atom. The van der Waals surface area contributed by atoms with E-state index in [1.165, 1.54) is 0 Å². The maximum Gasteiger partial charge on any atom is 0.262 e. The molecule has 1 aromatic carbocycles. The van der Waals surface area contributed by atoms with Crippen LogP contribution in [0.15, 0.2) is 28.8 Å².